The molecule has 0 radical (unpaired) electrons. The first-order chi connectivity index (χ1) is 14.4. The summed E-state index contributed by atoms with van der Waals surface area (Å²) in [7, 11) is 0. The number of anilines is 2. The Kier molecular flexibility index (Phi) is 5.70. The lowest BCUT2D eigenvalue weighted by molar-refractivity contribution is -0.139. The summed E-state index contributed by atoms with van der Waals surface area (Å²) in [5.74, 6) is 0.0809. The van der Waals surface area contributed by atoms with Gasteiger partial charge in [-0.25, -0.2) is 0 Å². The van der Waals surface area contributed by atoms with Gasteiger partial charge in [0.25, 0.3) is 0 Å². The first-order valence-corrected chi connectivity index (χ1v) is 11.0. The van der Waals surface area contributed by atoms with Crippen molar-refractivity contribution >= 4 is 23.2 Å². The van der Waals surface area contributed by atoms with Gasteiger partial charge in [-0.3, -0.25) is 9.59 Å². The summed E-state index contributed by atoms with van der Waals surface area (Å²) in [6.45, 7) is 3.68. The third kappa shape index (κ3) is 3.89. The average Bonchev–Trinajstić information content (AvgIpc) is 3.03. The predicted molar refractivity (Wildman–Crippen MR) is 114 cm³/mol. The largest absolute Gasteiger partial charge is 0.393 e. The Bertz CT molecular complexity index is 872. The monoisotopic (exact) mass is 410 g/mol. The molecule has 2 aliphatic heterocycles. The van der Waals surface area contributed by atoms with Crippen LogP contribution in [0.3, 0.4) is 0 Å². The number of nitriles is 1. The highest BCUT2D eigenvalue weighted by Crippen LogP contribution is 2.44. The van der Waals surface area contributed by atoms with E-state index in [4.69, 9.17) is 0 Å². The molecule has 2 N–H and O–H groups in total. The number of aliphatic hydroxyl groups excluding tert-OH is 1. The number of carbonyl (C=O) groups excluding carboxylic acids is 2. The van der Waals surface area contributed by atoms with Gasteiger partial charge >= 0.3 is 0 Å². The Morgan fingerprint density at radius 1 is 1.23 bits per heavy atom. The molecule has 4 rings (SSSR count). The first-order valence-electron chi connectivity index (χ1n) is 11.0. The summed E-state index contributed by atoms with van der Waals surface area (Å²) in [5.41, 5.74) is 1.58. The van der Waals surface area contributed by atoms with Crippen LogP contribution in [-0.2, 0) is 9.59 Å². The number of piperidine rings is 1. The summed E-state index contributed by atoms with van der Waals surface area (Å²) in [6, 6.07) is 7.90. The van der Waals surface area contributed by atoms with E-state index in [0.717, 1.165) is 63.7 Å². The molecular weight excluding hydrogens is 380 g/mol. The topological polar surface area (TPSA) is 96.7 Å². The molecule has 7 nitrogen and oxygen atoms in total. The Morgan fingerprint density at radius 2 is 2.00 bits per heavy atom. The van der Waals surface area contributed by atoms with Crippen LogP contribution in [0.5, 0.6) is 0 Å². The van der Waals surface area contributed by atoms with Crippen molar-refractivity contribution in [1.82, 2.24) is 4.90 Å². The maximum Gasteiger partial charge on any atom is 0.230 e. The van der Waals surface area contributed by atoms with Crippen molar-refractivity contribution < 1.29 is 14.7 Å². The van der Waals surface area contributed by atoms with Crippen molar-refractivity contribution in [3.05, 3.63) is 23.8 Å². The van der Waals surface area contributed by atoms with Crippen LogP contribution in [0, 0.1) is 16.7 Å². The van der Waals surface area contributed by atoms with E-state index >= 15 is 0 Å². The van der Waals surface area contributed by atoms with Gasteiger partial charge in [0, 0.05) is 38.3 Å². The van der Waals surface area contributed by atoms with E-state index in [0.29, 0.717) is 17.8 Å². The number of hydrogen-bond donors (Lipinski definition) is 2. The predicted octanol–water partition coefficient (Wildman–Crippen LogP) is 2.64. The van der Waals surface area contributed by atoms with Gasteiger partial charge in [-0.1, -0.05) is 0 Å². The van der Waals surface area contributed by atoms with Crippen LogP contribution >= 0.6 is 0 Å². The molecule has 0 aromatic heterocycles. The number of likely N-dealkylation sites (tertiary alicyclic amines) is 1. The van der Waals surface area contributed by atoms with Crippen molar-refractivity contribution in [2.75, 3.05) is 29.9 Å². The summed E-state index contributed by atoms with van der Waals surface area (Å²) >= 11 is 0. The number of nitrogens with one attached hydrogen (secondary N) is 1. The zero-order valence-electron chi connectivity index (χ0n) is 17.6. The molecule has 0 unspecified atom stereocenters. The summed E-state index contributed by atoms with van der Waals surface area (Å²) in [4.78, 5) is 29.1. The molecule has 1 saturated carbocycles. The molecule has 1 aromatic rings. The van der Waals surface area contributed by atoms with Gasteiger partial charge < -0.3 is 20.2 Å². The van der Waals surface area contributed by atoms with Crippen molar-refractivity contribution in [1.29, 1.82) is 5.26 Å². The van der Waals surface area contributed by atoms with Gasteiger partial charge in [0.1, 0.15) is 6.07 Å². The smallest absolute Gasteiger partial charge is 0.230 e. The second-order valence-corrected chi connectivity index (χ2v) is 9.04. The maximum atomic E-state index is 13.5. The Morgan fingerprint density at radius 3 is 2.70 bits per heavy atom. The van der Waals surface area contributed by atoms with E-state index < -0.39 is 0 Å². The molecule has 0 bridgehead atoms. The molecule has 2 amide bonds. The molecule has 1 spiro atoms. The number of hydrogen-bond acceptors (Lipinski definition) is 5. The molecule has 2 saturated heterocycles. The molecule has 160 valence electrons. The number of amides is 2. The fraction of sp³-hybridized carbons (Fsp3) is 0.609. The fourth-order valence-electron chi connectivity index (χ4n) is 5.46. The summed E-state index contributed by atoms with van der Waals surface area (Å²) < 4.78 is 0. The zero-order chi connectivity index (χ0) is 21.3. The average molecular weight is 411 g/mol. The van der Waals surface area contributed by atoms with Gasteiger partial charge in [0.15, 0.2) is 0 Å². The zero-order valence-corrected chi connectivity index (χ0v) is 17.6. The van der Waals surface area contributed by atoms with Crippen molar-refractivity contribution in [2.45, 2.75) is 64.0 Å². The highest BCUT2D eigenvalue weighted by atomic mass is 16.3. The molecule has 3 aliphatic rings. The van der Waals surface area contributed by atoms with Gasteiger partial charge in [0.2, 0.25) is 11.8 Å². The Balaban J connectivity index is 1.52. The van der Waals surface area contributed by atoms with E-state index in [1.54, 1.807) is 6.07 Å². The lowest BCUT2D eigenvalue weighted by atomic mass is 9.78. The van der Waals surface area contributed by atoms with Crippen molar-refractivity contribution in [2.24, 2.45) is 5.41 Å². The third-order valence-corrected chi connectivity index (χ3v) is 7.01. The van der Waals surface area contributed by atoms with Crippen LogP contribution in [0.15, 0.2) is 18.2 Å². The lowest BCUT2D eigenvalue weighted by Gasteiger charge is -2.41. The molecule has 3 fully saturated rings. The van der Waals surface area contributed by atoms with Gasteiger partial charge in [-0.05, 0) is 63.1 Å². The molecular formula is C23H30N4O3. The highest BCUT2D eigenvalue weighted by molar-refractivity contribution is 5.89. The molecule has 7 heteroatoms. The quantitative estimate of drug-likeness (QED) is 0.799. The summed E-state index contributed by atoms with van der Waals surface area (Å²) in [5, 5.41) is 22.2. The molecule has 1 aromatic carbocycles. The van der Waals surface area contributed by atoms with Crippen molar-refractivity contribution in [3.63, 3.8) is 0 Å². The van der Waals surface area contributed by atoms with Crippen LogP contribution in [0.2, 0.25) is 0 Å². The molecule has 30 heavy (non-hydrogen) atoms. The van der Waals surface area contributed by atoms with E-state index in [9.17, 15) is 20.0 Å². The SMILES string of the molecule is CC(=O)Nc1ccc(N2CCC[C@]3(CCN([C@H]4CC[C@H](O)CC4)C3=O)C2)c(C#N)c1. The van der Waals surface area contributed by atoms with E-state index in [1.807, 2.05) is 12.1 Å². The third-order valence-electron chi connectivity index (χ3n) is 7.01. The standard InChI is InChI=1S/C23H30N4O3/c1-16(28)25-18-3-8-21(17(13-18)14-24)26-11-2-9-23(15-26)10-12-27(22(23)30)19-4-6-20(29)7-5-19/h3,8,13,19-20,29H,2,4-7,9-12,15H2,1H3,(H,25,28)/t19-,20-,23-/m0/s1. The molecule has 2 heterocycles. The van der Waals surface area contributed by atoms with Crippen LogP contribution in [0.1, 0.15) is 57.4 Å². The number of benzene rings is 1. The number of nitrogens with zero attached hydrogens (tertiary/aromatic N) is 3. The maximum absolute atomic E-state index is 13.5. The van der Waals surface area contributed by atoms with Gasteiger partial charge in [-0.15, -0.1) is 0 Å². The van der Waals surface area contributed by atoms with E-state index in [1.165, 1.54) is 6.92 Å². The number of rotatable bonds is 3. The second-order valence-electron chi connectivity index (χ2n) is 9.04. The van der Waals surface area contributed by atoms with E-state index in [-0.39, 0.29) is 29.4 Å². The van der Waals surface area contributed by atoms with Crippen LogP contribution in [-0.4, -0.2) is 53.6 Å². The molecule has 1 aliphatic carbocycles. The fourth-order valence-corrected chi connectivity index (χ4v) is 5.46. The van der Waals surface area contributed by atoms with Crippen LogP contribution in [0.4, 0.5) is 11.4 Å². The van der Waals surface area contributed by atoms with Gasteiger partial charge in [-0.2, -0.15) is 5.26 Å². The van der Waals surface area contributed by atoms with Crippen LogP contribution in [0.25, 0.3) is 0 Å². The van der Waals surface area contributed by atoms with Crippen molar-refractivity contribution in [3.8, 4) is 6.07 Å². The highest BCUT2D eigenvalue weighted by Gasteiger charge is 2.50. The number of aliphatic hydroxyl groups is 1. The Labute approximate surface area is 177 Å². The van der Waals surface area contributed by atoms with Crippen LogP contribution < -0.4 is 10.2 Å². The minimum Gasteiger partial charge on any atom is -0.393 e. The minimum absolute atomic E-state index is 0.171. The molecule has 1 atom stereocenters. The minimum atomic E-state index is -0.378. The lowest BCUT2D eigenvalue weighted by Crippen LogP contribution is -2.50. The Hall–Kier alpha value is -2.59. The summed E-state index contributed by atoms with van der Waals surface area (Å²) in [6.07, 6.45) is 5.77. The first kappa shape index (κ1) is 20.7. The second kappa shape index (κ2) is 8.27. The number of carbonyl (C=O) groups is 2. The van der Waals surface area contributed by atoms with Gasteiger partial charge in [0.05, 0.1) is 22.8 Å². The normalized spacial score (nSPS) is 29.2. The van der Waals surface area contributed by atoms with E-state index in [2.05, 4.69) is 21.2 Å².